The van der Waals surface area contributed by atoms with Crippen molar-refractivity contribution in [2.45, 2.75) is 248 Å². The summed E-state index contributed by atoms with van der Waals surface area (Å²) in [5, 5.41) is 23.1. The monoisotopic (exact) mass is 1290 g/mol. The van der Waals surface area contributed by atoms with E-state index in [4.69, 9.17) is 4.74 Å². The Morgan fingerprint density at radius 3 is 1.42 bits per heavy atom. The number of hydrogen-bond donors (Lipinski definition) is 5. The molecule has 1 aliphatic rings. The Kier molecular flexibility index (Phi) is 33.2. The topological polar surface area (TPSA) is 305 Å². The number of carbonyl (C=O) groups is 12. The molecule has 0 aromatic heterocycles. The molecule has 520 valence electrons. The Labute approximate surface area is 543 Å². The van der Waals surface area contributed by atoms with E-state index in [9.17, 15) is 48.3 Å². The van der Waals surface area contributed by atoms with E-state index in [-0.39, 0.29) is 68.7 Å². The molecule has 1 aliphatic heterocycles. The number of amides is 11. The van der Waals surface area contributed by atoms with Crippen molar-refractivity contribution in [2.24, 2.45) is 35.5 Å². The van der Waals surface area contributed by atoms with Gasteiger partial charge < -0.3 is 65.4 Å². The van der Waals surface area contributed by atoms with Crippen molar-refractivity contribution in [2.75, 3.05) is 55.9 Å². The molecule has 0 aromatic rings. The molecule has 0 radical (unpaired) electrons. The zero-order chi connectivity index (χ0) is 70.8. The van der Waals surface area contributed by atoms with Gasteiger partial charge in [0.15, 0.2) is 5.78 Å². The predicted molar refractivity (Wildman–Crippen MR) is 349 cm³/mol. The summed E-state index contributed by atoms with van der Waals surface area (Å²) in [6.45, 7) is 31.5. The number of ether oxygens (including phenoxy) is 1. The second-order valence-electron chi connectivity index (χ2n) is 27.8. The van der Waals surface area contributed by atoms with Crippen molar-refractivity contribution >= 4 is 70.8 Å². The minimum atomic E-state index is -1.66. The molecule has 13 atom stereocenters. The quantitative estimate of drug-likeness (QED) is 0.123. The van der Waals surface area contributed by atoms with E-state index >= 15 is 14.4 Å². The molecule has 0 saturated carbocycles. The van der Waals surface area contributed by atoms with E-state index in [0.717, 1.165) is 14.7 Å². The van der Waals surface area contributed by atoms with Gasteiger partial charge in [0.1, 0.15) is 73.1 Å². The Balaban J connectivity index is 4.48. The maximum absolute atomic E-state index is 15.2. The van der Waals surface area contributed by atoms with Crippen molar-refractivity contribution < 1.29 is 67.4 Å². The Morgan fingerprint density at radius 1 is 0.516 bits per heavy atom. The minimum Gasteiger partial charge on any atom is -0.390 e. The number of aliphatic hydroxyl groups is 1. The Morgan fingerprint density at radius 2 is 0.956 bits per heavy atom. The minimum absolute atomic E-state index is 0.0316. The number of nitrogens with one attached hydrogen (secondary N) is 4. The van der Waals surface area contributed by atoms with Crippen LogP contribution >= 0.6 is 0 Å². The highest BCUT2D eigenvalue weighted by molar-refractivity contribution is 6.00. The molecule has 0 aromatic carbocycles. The fourth-order valence-corrected chi connectivity index (χ4v) is 11.2. The molecule has 1 fully saturated rings. The summed E-state index contributed by atoms with van der Waals surface area (Å²) in [7, 11) is 9.73. The summed E-state index contributed by atoms with van der Waals surface area (Å²) in [5.74, 6) is -10.7. The van der Waals surface area contributed by atoms with E-state index in [1.165, 1.54) is 96.6 Å². The summed E-state index contributed by atoms with van der Waals surface area (Å²) >= 11 is 0. The van der Waals surface area contributed by atoms with Gasteiger partial charge in [-0.25, -0.2) is 0 Å². The zero-order valence-corrected chi connectivity index (χ0v) is 59.9. The lowest BCUT2D eigenvalue weighted by Crippen LogP contribution is -2.64. The molecular weight excluding hydrogens is 1170 g/mol. The van der Waals surface area contributed by atoms with Gasteiger partial charge in [0.2, 0.25) is 65.0 Å². The first-order chi connectivity index (χ1) is 41.8. The molecular formula is C66H117N11O14. The molecule has 1 rings (SSSR count). The standard InChI is InChI=1S/C66H117N11O14/c1-27-29-30-41(13)54(79)53-58(83)69-46(28-2)61(86)71(20)45(17)60(85)75(24)50(34-66(18,19)91-35-42(14)78)57(82)70-51(39(9)10)64(89)72(21)47(31-36(3)4)56(81)67-43(15)55(80)68-44(16)59(84)73(22)48(32-37(5)6)62(87)74(23)49(33-38(7)8)63(88)76(25)52(40(11)12)65(90)77(53)26/h27,29,36-41,43-54,79H,28,30-35H2,1-26H3,(H,67,81)(H,68,80)(H,69,83)(H,70,82)/b29-27+/t41-,43+,44-,45-,46+,47+,48+,49+,50+,51+,52+,53+,54-/m1/s1. The van der Waals surface area contributed by atoms with Gasteiger partial charge in [0, 0.05) is 55.8 Å². The van der Waals surface area contributed by atoms with Gasteiger partial charge in [-0.3, -0.25) is 57.5 Å². The fraction of sp³-hybridized carbons (Fsp3) is 0.788. The van der Waals surface area contributed by atoms with Gasteiger partial charge in [-0.15, -0.1) is 0 Å². The van der Waals surface area contributed by atoms with Crippen molar-refractivity contribution in [3.05, 3.63) is 12.2 Å². The van der Waals surface area contributed by atoms with Crippen molar-refractivity contribution in [1.82, 2.24) is 55.6 Å². The maximum Gasteiger partial charge on any atom is 0.246 e. The Bertz CT molecular complexity index is 2560. The van der Waals surface area contributed by atoms with Crippen LogP contribution in [0.4, 0.5) is 0 Å². The smallest absolute Gasteiger partial charge is 0.246 e. The SMILES string of the molecule is C/C=C/C[C@@H](C)[C@@H](O)[C@H]1C(=O)N[C@@H](CC)C(=O)N(C)[C@H](C)C(=O)N(C)[C@@H](CC(C)(C)OCC(C)=O)C(=O)N[C@@H](C(C)C)C(=O)N(C)[C@@H](CC(C)C)C(=O)N[C@@H](C)C(=O)N[C@H](C)C(=O)N(C)[C@@H](CC(C)C)C(=O)N(C)[C@@H](CC(C)C)C(=O)N(C)[C@@H](C(C)C)C(=O)N1C. The molecule has 91 heavy (non-hydrogen) atoms. The highest BCUT2D eigenvalue weighted by atomic mass is 16.5. The van der Waals surface area contributed by atoms with Crippen molar-refractivity contribution in [1.29, 1.82) is 0 Å². The van der Waals surface area contributed by atoms with Gasteiger partial charge in [-0.05, 0) is 116 Å². The van der Waals surface area contributed by atoms with Crippen LogP contribution in [-0.2, 0) is 62.3 Å². The molecule has 0 aliphatic carbocycles. The summed E-state index contributed by atoms with van der Waals surface area (Å²) in [6.07, 6.45) is 2.43. The number of hydrogen-bond acceptors (Lipinski definition) is 14. The molecule has 25 heteroatoms. The van der Waals surface area contributed by atoms with Gasteiger partial charge in [-0.2, -0.15) is 0 Å². The maximum atomic E-state index is 15.2. The molecule has 5 N–H and O–H groups in total. The van der Waals surface area contributed by atoms with E-state index in [0.29, 0.717) is 0 Å². The molecule has 0 spiro atoms. The fourth-order valence-electron chi connectivity index (χ4n) is 11.2. The van der Waals surface area contributed by atoms with Gasteiger partial charge in [-0.1, -0.05) is 95.2 Å². The zero-order valence-electron chi connectivity index (χ0n) is 59.9. The van der Waals surface area contributed by atoms with Crippen LogP contribution in [0.25, 0.3) is 0 Å². The van der Waals surface area contributed by atoms with Gasteiger partial charge >= 0.3 is 0 Å². The third kappa shape index (κ3) is 23.2. The molecule has 25 nitrogen and oxygen atoms in total. The van der Waals surface area contributed by atoms with E-state index in [1.54, 1.807) is 74.5 Å². The first kappa shape index (κ1) is 82.5. The van der Waals surface area contributed by atoms with E-state index in [2.05, 4.69) is 21.3 Å². The largest absolute Gasteiger partial charge is 0.390 e. The highest BCUT2D eigenvalue weighted by Crippen LogP contribution is 2.27. The molecule has 0 unspecified atom stereocenters. The molecule has 1 saturated heterocycles. The summed E-state index contributed by atoms with van der Waals surface area (Å²) < 4.78 is 5.94. The number of Topliss-reactive ketones (excluding diaryl/α,β-unsaturated/α-hetero) is 1. The summed E-state index contributed by atoms with van der Waals surface area (Å²) in [4.78, 5) is 183. The average Bonchev–Trinajstić information content (AvgIpc) is 0.853. The van der Waals surface area contributed by atoms with Crippen molar-refractivity contribution in [3.8, 4) is 0 Å². The second-order valence-corrected chi connectivity index (χ2v) is 27.8. The number of carbonyl (C=O) groups excluding carboxylic acids is 12. The van der Waals surface area contributed by atoms with Gasteiger partial charge in [0.25, 0.3) is 0 Å². The van der Waals surface area contributed by atoms with Crippen LogP contribution in [0.5, 0.6) is 0 Å². The first-order valence-corrected chi connectivity index (χ1v) is 32.4. The van der Waals surface area contributed by atoms with Crippen LogP contribution in [0.3, 0.4) is 0 Å². The van der Waals surface area contributed by atoms with E-state index in [1.807, 2.05) is 41.5 Å². The van der Waals surface area contributed by atoms with Crippen LogP contribution in [-0.4, -0.2) is 244 Å². The lowest BCUT2D eigenvalue weighted by Gasteiger charge is -2.41. The van der Waals surface area contributed by atoms with Crippen LogP contribution in [0.2, 0.25) is 0 Å². The third-order valence-electron chi connectivity index (χ3n) is 17.2. The lowest BCUT2D eigenvalue weighted by molar-refractivity contribution is -0.157. The van der Waals surface area contributed by atoms with Crippen LogP contribution in [0, 0.1) is 35.5 Å². The van der Waals surface area contributed by atoms with Crippen molar-refractivity contribution in [3.63, 3.8) is 0 Å². The lowest BCUT2D eigenvalue weighted by atomic mass is 9.91. The normalized spacial score (nSPS) is 26.8. The van der Waals surface area contributed by atoms with Crippen LogP contribution < -0.4 is 21.3 Å². The number of rotatable bonds is 18. The first-order valence-electron chi connectivity index (χ1n) is 32.4. The molecule has 11 amide bonds. The van der Waals surface area contributed by atoms with Crippen LogP contribution in [0.1, 0.15) is 170 Å². The summed E-state index contributed by atoms with van der Waals surface area (Å²) in [5.41, 5.74) is -1.25. The second kappa shape index (κ2) is 36.7. The Hall–Kier alpha value is -6.50. The van der Waals surface area contributed by atoms with E-state index < -0.39 is 161 Å². The highest BCUT2D eigenvalue weighted by Gasteiger charge is 2.46. The van der Waals surface area contributed by atoms with Gasteiger partial charge in [0.05, 0.1) is 11.7 Å². The molecule has 1 heterocycles. The number of nitrogens with zero attached hydrogens (tertiary/aromatic N) is 7. The number of allylic oxidation sites excluding steroid dienone is 2. The number of aliphatic hydroxyl groups excluding tert-OH is 1. The number of likely N-dealkylation sites (N-methyl/N-ethyl adjacent to an activating group) is 7. The average molecular weight is 1290 g/mol. The van der Waals surface area contributed by atoms with Crippen LogP contribution in [0.15, 0.2) is 12.2 Å². The summed E-state index contributed by atoms with van der Waals surface area (Å²) in [6, 6.07) is -14.4. The third-order valence-corrected chi connectivity index (χ3v) is 17.2. The number of ketones is 1. The molecule has 0 bridgehead atoms. The predicted octanol–water partition coefficient (Wildman–Crippen LogP) is 3.39.